The van der Waals surface area contributed by atoms with Crippen LogP contribution in [0.2, 0.25) is 0 Å². The summed E-state index contributed by atoms with van der Waals surface area (Å²) >= 11 is 0. The first-order chi connectivity index (χ1) is 12.0. The Hall–Kier alpha value is -3.02. The molecular formula is C19H18O6. The smallest absolute Gasteiger partial charge is 0.312 e. The van der Waals surface area contributed by atoms with Crippen molar-refractivity contribution in [1.29, 1.82) is 0 Å². The van der Waals surface area contributed by atoms with Crippen LogP contribution >= 0.6 is 0 Å². The summed E-state index contributed by atoms with van der Waals surface area (Å²) in [6.07, 6.45) is 0.0323. The number of fused-ring (bicyclic) bond motifs is 1. The summed E-state index contributed by atoms with van der Waals surface area (Å²) in [6, 6.07) is 8.23. The van der Waals surface area contributed by atoms with Gasteiger partial charge in [0.15, 0.2) is 5.78 Å². The van der Waals surface area contributed by atoms with Crippen molar-refractivity contribution in [2.75, 3.05) is 14.2 Å². The Balaban J connectivity index is 2.21. The molecular weight excluding hydrogens is 324 g/mol. The second-order valence-corrected chi connectivity index (χ2v) is 5.77. The van der Waals surface area contributed by atoms with Crippen molar-refractivity contribution in [1.82, 2.24) is 0 Å². The number of ether oxygens (including phenoxy) is 3. The number of ketones is 1. The summed E-state index contributed by atoms with van der Waals surface area (Å²) in [5.41, 5.74) is 1.31. The molecule has 25 heavy (non-hydrogen) atoms. The molecule has 0 spiro atoms. The van der Waals surface area contributed by atoms with Gasteiger partial charge in [-0.3, -0.25) is 9.59 Å². The van der Waals surface area contributed by atoms with Gasteiger partial charge in [-0.2, -0.15) is 0 Å². The van der Waals surface area contributed by atoms with E-state index in [-0.39, 0.29) is 29.3 Å². The predicted octanol–water partition coefficient (Wildman–Crippen LogP) is 3.05. The highest BCUT2D eigenvalue weighted by molar-refractivity contribution is 5.98. The predicted molar refractivity (Wildman–Crippen MR) is 89.8 cm³/mol. The van der Waals surface area contributed by atoms with Gasteiger partial charge in [0.25, 0.3) is 0 Å². The molecule has 3 rings (SSSR count). The molecule has 0 fully saturated rings. The molecule has 0 aromatic heterocycles. The van der Waals surface area contributed by atoms with Crippen molar-refractivity contribution < 1.29 is 28.9 Å². The monoisotopic (exact) mass is 342 g/mol. The molecule has 0 amide bonds. The average molecular weight is 342 g/mol. The summed E-state index contributed by atoms with van der Waals surface area (Å²) in [5.74, 6) is 0.0555. The van der Waals surface area contributed by atoms with Crippen LogP contribution in [0.25, 0.3) is 0 Å². The second kappa shape index (κ2) is 6.47. The fourth-order valence-electron chi connectivity index (χ4n) is 3.10. The summed E-state index contributed by atoms with van der Waals surface area (Å²) in [4.78, 5) is 23.8. The van der Waals surface area contributed by atoms with Gasteiger partial charge in [0, 0.05) is 23.1 Å². The number of methoxy groups -OCH3 is 2. The lowest BCUT2D eigenvalue weighted by molar-refractivity contribution is -0.135. The standard InChI is InChI=1S/C19H18O6/c1-10(20)12-6-7-15-18(19(12)22)14(9-17(21)25-15)13-5-4-11(23-2)8-16(13)24-3/h4-8,14,22H,9H2,1-3H3/t14-/m1/s1. The number of hydrogen-bond donors (Lipinski definition) is 1. The van der Waals surface area contributed by atoms with E-state index in [1.807, 2.05) is 0 Å². The van der Waals surface area contributed by atoms with Crippen LogP contribution in [0.15, 0.2) is 30.3 Å². The molecule has 0 unspecified atom stereocenters. The van der Waals surface area contributed by atoms with Crippen LogP contribution < -0.4 is 14.2 Å². The molecule has 1 aliphatic heterocycles. The molecule has 130 valence electrons. The third-order valence-electron chi connectivity index (χ3n) is 4.32. The number of rotatable bonds is 4. The molecule has 6 nitrogen and oxygen atoms in total. The number of carbonyl (C=O) groups excluding carboxylic acids is 2. The van der Waals surface area contributed by atoms with Crippen molar-refractivity contribution in [3.63, 3.8) is 0 Å². The molecule has 0 saturated heterocycles. The molecule has 1 heterocycles. The SMILES string of the molecule is COc1ccc([C@H]2CC(=O)Oc3ccc(C(C)=O)c(O)c32)c(OC)c1. The highest BCUT2D eigenvalue weighted by atomic mass is 16.5. The van der Waals surface area contributed by atoms with Crippen molar-refractivity contribution in [2.24, 2.45) is 0 Å². The third-order valence-corrected chi connectivity index (χ3v) is 4.32. The molecule has 0 radical (unpaired) electrons. The van der Waals surface area contributed by atoms with Crippen LogP contribution in [0.4, 0.5) is 0 Å². The number of esters is 1. The van der Waals surface area contributed by atoms with Gasteiger partial charge in [0.05, 0.1) is 26.2 Å². The molecule has 2 aromatic carbocycles. The van der Waals surface area contributed by atoms with E-state index < -0.39 is 11.9 Å². The number of carbonyl (C=O) groups is 2. The average Bonchev–Trinajstić information content (AvgIpc) is 2.60. The molecule has 1 atom stereocenters. The Kier molecular flexibility index (Phi) is 4.35. The molecule has 2 aromatic rings. The first-order valence-corrected chi connectivity index (χ1v) is 7.75. The third kappa shape index (κ3) is 2.91. The Morgan fingerprint density at radius 2 is 1.96 bits per heavy atom. The fraction of sp³-hybridized carbons (Fsp3) is 0.263. The Labute approximate surface area is 144 Å². The maximum absolute atomic E-state index is 12.0. The Morgan fingerprint density at radius 1 is 1.20 bits per heavy atom. The van der Waals surface area contributed by atoms with E-state index >= 15 is 0 Å². The highest BCUT2D eigenvalue weighted by Gasteiger charge is 2.34. The first-order valence-electron chi connectivity index (χ1n) is 7.75. The maximum Gasteiger partial charge on any atom is 0.312 e. The Bertz CT molecular complexity index is 855. The fourth-order valence-corrected chi connectivity index (χ4v) is 3.10. The zero-order valence-corrected chi connectivity index (χ0v) is 14.2. The van der Waals surface area contributed by atoms with Crippen LogP contribution in [-0.4, -0.2) is 31.1 Å². The lowest BCUT2D eigenvalue weighted by Crippen LogP contribution is -2.22. The maximum atomic E-state index is 12.0. The summed E-state index contributed by atoms with van der Waals surface area (Å²) < 4.78 is 15.9. The number of aromatic hydroxyl groups is 1. The molecule has 6 heteroatoms. The number of benzene rings is 2. The van der Waals surface area contributed by atoms with Crippen LogP contribution in [0.1, 0.15) is 40.7 Å². The van der Waals surface area contributed by atoms with Gasteiger partial charge in [0.2, 0.25) is 0 Å². The number of phenols is 1. The highest BCUT2D eigenvalue weighted by Crippen LogP contribution is 2.47. The van der Waals surface area contributed by atoms with Gasteiger partial charge in [-0.15, -0.1) is 0 Å². The zero-order valence-electron chi connectivity index (χ0n) is 14.2. The zero-order chi connectivity index (χ0) is 18.1. The van der Waals surface area contributed by atoms with Gasteiger partial charge in [-0.1, -0.05) is 6.07 Å². The summed E-state index contributed by atoms with van der Waals surface area (Å²) in [7, 11) is 3.07. The van der Waals surface area contributed by atoms with E-state index in [1.165, 1.54) is 26.2 Å². The quantitative estimate of drug-likeness (QED) is 0.522. The topological polar surface area (TPSA) is 82.1 Å². The van der Waals surface area contributed by atoms with E-state index in [2.05, 4.69) is 0 Å². The number of phenolic OH excluding ortho intramolecular Hbond substituents is 1. The second-order valence-electron chi connectivity index (χ2n) is 5.77. The summed E-state index contributed by atoms with van der Waals surface area (Å²) in [5, 5.41) is 10.6. The van der Waals surface area contributed by atoms with Crippen LogP contribution in [0.5, 0.6) is 23.0 Å². The van der Waals surface area contributed by atoms with Gasteiger partial charge >= 0.3 is 5.97 Å². The lowest BCUT2D eigenvalue weighted by atomic mass is 9.84. The molecule has 0 saturated carbocycles. The molecule has 0 bridgehead atoms. The van der Waals surface area contributed by atoms with Gasteiger partial charge in [0.1, 0.15) is 23.0 Å². The summed E-state index contributed by atoms with van der Waals surface area (Å²) in [6.45, 7) is 1.37. The van der Waals surface area contributed by atoms with E-state index in [0.29, 0.717) is 22.6 Å². The molecule has 1 aliphatic rings. The number of Topliss-reactive ketones (excluding diaryl/α,β-unsaturated/α-hetero) is 1. The van der Waals surface area contributed by atoms with Gasteiger partial charge in [-0.05, 0) is 25.1 Å². The normalized spacial score (nSPS) is 16.0. The van der Waals surface area contributed by atoms with Gasteiger partial charge in [-0.25, -0.2) is 0 Å². The van der Waals surface area contributed by atoms with Crippen molar-refractivity contribution in [3.05, 3.63) is 47.0 Å². The van der Waals surface area contributed by atoms with Crippen LogP contribution in [0, 0.1) is 0 Å². The molecule has 1 N–H and O–H groups in total. The molecule has 0 aliphatic carbocycles. The number of hydrogen-bond acceptors (Lipinski definition) is 6. The largest absolute Gasteiger partial charge is 0.507 e. The minimum Gasteiger partial charge on any atom is -0.507 e. The van der Waals surface area contributed by atoms with E-state index in [4.69, 9.17) is 14.2 Å². The first kappa shape index (κ1) is 16.8. The van der Waals surface area contributed by atoms with Crippen molar-refractivity contribution in [3.8, 4) is 23.0 Å². The lowest BCUT2D eigenvalue weighted by Gasteiger charge is -2.27. The minimum atomic E-state index is -0.489. The minimum absolute atomic E-state index is 0.0323. The van der Waals surface area contributed by atoms with E-state index in [0.717, 1.165) is 0 Å². The van der Waals surface area contributed by atoms with Crippen molar-refractivity contribution >= 4 is 11.8 Å². The van der Waals surface area contributed by atoms with Gasteiger partial charge < -0.3 is 19.3 Å². The van der Waals surface area contributed by atoms with E-state index in [9.17, 15) is 14.7 Å². The van der Waals surface area contributed by atoms with Crippen LogP contribution in [0.3, 0.4) is 0 Å². The van der Waals surface area contributed by atoms with E-state index in [1.54, 1.807) is 25.3 Å². The van der Waals surface area contributed by atoms with Crippen LogP contribution in [-0.2, 0) is 4.79 Å². The Morgan fingerprint density at radius 3 is 2.60 bits per heavy atom. The van der Waals surface area contributed by atoms with Crippen molar-refractivity contribution in [2.45, 2.75) is 19.3 Å².